The fourth-order valence-corrected chi connectivity index (χ4v) is 2.84. The van der Waals surface area contributed by atoms with Crippen LogP contribution in [0.2, 0.25) is 0 Å². The van der Waals surface area contributed by atoms with Crippen LogP contribution >= 0.6 is 27.3 Å². The third-order valence-electron chi connectivity index (χ3n) is 2.26. The van der Waals surface area contributed by atoms with E-state index >= 15 is 0 Å². The molecule has 1 unspecified atom stereocenters. The quantitative estimate of drug-likeness (QED) is 0.937. The van der Waals surface area contributed by atoms with Crippen LogP contribution in [0.1, 0.15) is 16.6 Å². The number of thiophene rings is 1. The largest absolute Gasteiger partial charge is 0.496 e. The van der Waals surface area contributed by atoms with Crippen molar-refractivity contribution in [3.05, 3.63) is 26.6 Å². The number of ether oxygens (including phenoxy) is 1. The van der Waals surface area contributed by atoms with E-state index in [2.05, 4.69) is 26.2 Å². The number of hydrogen-bond donors (Lipinski definition) is 1. The molecule has 0 amide bonds. The first-order valence-corrected chi connectivity index (χ1v) is 6.23. The summed E-state index contributed by atoms with van der Waals surface area (Å²) in [5.74, 6) is 0.821. The van der Waals surface area contributed by atoms with Gasteiger partial charge in [-0.1, -0.05) is 5.21 Å². The number of nitrogens with zero attached hydrogens (tertiary/aromatic N) is 3. The molecule has 2 heterocycles. The van der Waals surface area contributed by atoms with E-state index in [-0.39, 0.29) is 6.04 Å². The van der Waals surface area contributed by atoms with Crippen LogP contribution in [0.5, 0.6) is 5.75 Å². The minimum Gasteiger partial charge on any atom is -0.496 e. The van der Waals surface area contributed by atoms with E-state index in [4.69, 9.17) is 10.5 Å². The fraction of sp³-hybridized carbons (Fsp3) is 0.333. The van der Waals surface area contributed by atoms with Crippen LogP contribution in [-0.2, 0) is 7.05 Å². The summed E-state index contributed by atoms with van der Waals surface area (Å²) in [6.45, 7) is 0. The number of halogens is 1. The highest BCUT2D eigenvalue weighted by Gasteiger charge is 2.19. The Labute approximate surface area is 105 Å². The lowest BCUT2D eigenvalue weighted by Gasteiger charge is -2.09. The van der Waals surface area contributed by atoms with Gasteiger partial charge in [0, 0.05) is 17.3 Å². The zero-order valence-electron chi connectivity index (χ0n) is 8.85. The number of methoxy groups -OCH3 is 1. The summed E-state index contributed by atoms with van der Waals surface area (Å²) in [4.78, 5) is 1.02. The molecule has 0 saturated carbocycles. The van der Waals surface area contributed by atoms with Crippen LogP contribution in [0, 0.1) is 0 Å². The van der Waals surface area contributed by atoms with Gasteiger partial charge in [0.2, 0.25) is 0 Å². The van der Waals surface area contributed by atoms with Gasteiger partial charge in [0.1, 0.15) is 5.75 Å². The molecule has 0 aliphatic heterocycles. The van der Waals surface area contributed by atoms with E-state index in [9.17, 15) is 0 Å². The smallest absolute Gasteiger partial charge is 0.153 e. The lowest BCUT2D eigenvalue weighted by molar-refractivity contribution is 0.416. The van der Waals surface area contributed by atoms with Gasteiger partial charge >= 0.3 is 0 Å². The molecule has 2 aromatic rings. The number of hydrogen-bond acceptors (Lipinski definition) is 5. The minimum atomic E-state index is -0.247. The SMILES string of the molecule is COc1csc(C(N)c2c(Br)nnn2C)c1. The summed E-state index contributed by atoms with van der Waals surface area (Å²) in [6.07, 6.45) is 0. The summed E-state index contributed by atoms with van der Waals surface area (Å²) in [6, 6.07) is 1.68. The van der Waals surface area contributed by atoms with Gasteiger partial charge < -0.3 is 10.5 Å². The molecule has 0 fully saturated rings. The molecule has 86 valence electrons. The van der Waals surface area contributed by atoms with Gasteiger partial charge in [0.25, 0.3) is 0 Å². The van der Waals surface area contributed by atoms with Gasteiger partial charge in [-0.25, -0.2) is 4.68 Å². The van der Waals surface area contributed by atoms with Crippen molar-refractivity contribution in [1.82, 2.24) is 15.0 Å². The lowest BCUT2D eigenvalue weighted by atomic mass is 10.2. The van der Waals surface area contributed by atoms with Gasteiger partial charge in [-0.2, -0.15) is 0 Å². The molecule has 2 rings (SSSR count). The number of aromatic nitrogens is 3. The second-order valence-electron chi connectivity index (χ2n) is 3.26. The Morgan fingerprint density at radius 3 is 2.88 bits per heavy atom. The molecule has 2 N–H and O–H groups in total. The molecule has 1 atom stereocenters. The van der Waals surface area contributed by atoms with Crippen molar-refractivity contribution in [2.24, 2.45) is 12.8 Å². The lowest BCUT2D eigenvalue weighted by Crippen LogP contribution is -2.15. The molecular weight excluding hydrogens is 292 g/mol. The first kappa shape index (κ1) is 11.6. The first-order valence-electron chi connectivity index (χ1n) is 4.56. The summed E-state index contributed by atoms with van der Waals surface area (Å²) in [5.41, 5.74) is 7.01. The van der Waals surface area contributed by atoms with Gasteiger partial charge in [0.05, 0.1) is 18.8 Å². The molecule has 0 aliphatic carbocycles. The Morgan fingerprint density at radius 1 is 1.62 bits per heavy atom. The summed E-state index contributed by atoms with van der Waals surface area (Å²) in [7, 11) is 3.46. The highest BCUT2D eigenvalue weighted by atomic mass is 79.9. The molecule has 0 saturated heterocycles. The average molecular weight is 303 g/mol. The van der Waals surface area contributed by atoms with E-state index in [0.717, 1.165) is 16.3 Å². The van der Waals surface area contributed by atoms with Gasteiger partial charge in [-0.3, -0.25) is 0 Å². The van der Waals surface area contributed by atoms with E-state index in [1.807, 2.05) is 18.5 Å². The van der Waals surface area contributed by atoms with Crippen LogP contribution < -0.4 is 10.5 Å². The Hall–Kier alpha value is -0.920. The zero-order valence-corrected chi connectivity index (χ0v) is 11.2. The number of aryl methyl sites for hydroxylation is 1. The minimum absolute atomic E-state index is 0.247. The summed E-state index contributed by atoms with van der Waals surface area (Å²) < 4.78 is 7.47. The maximum absolute atomic E-state index is 6.15. The molecule has 2 aromatic heterocycles. The Morgan fingerprint density at radius 2 is 2.38 bits per heavy atom. The highest BCUT2D eigenvalue weighted by molar-refractivity contribution is 9.10. The standard InChI is InChI=1S/C9H11BrN4OS/c1-14-8(9(10)12-13-14)7(11)6-3-5(15-2)4-16-6/h3-4,7H,11H2,1-2H3. The topological polar surface area (TPSA) is 66.0 Å². The van der Waals surface area contributed by atoms with E-state index in [1.165, 1.54) is 0 Å². The summed E-state index contributed by atoms with van der Waals surface area (Å²) in [5, 5.41) is 9.74. The first-order chi connectivity index (χ1) is 7.63. The molecule has 0 radical (unpaired) electrons. The van der Waals surface area contributed by atoms with Crippen molar-refractivity contribution in [3.63, 3.8) is 0 Å². The maximum atomic E-state index is 6.15. The second kappa shape index (κ2) is 4.52. The van der Waals surface area contributed by atoms with Crippen LogP contribution in [-0.4, -0.2) is 22.1 Å². The molecule has 16 heavy (non-hydrogen) atoms. The van der Waals surface area contributed by atoms with Crippen molar-refractivity contribution in [2.45, 2.75) is 6.04 Å². The van der Waals surface area contributed by atoms with E-state index in [1.54, 1.807) is 23.1 Å². The van der Waals surface area contributed by atoms with Crippen molar-refractivity contribution in [1.29, 1.82) is 0 Å². The molecule has 0 aromatic carbocycles. The maximum Gasteiger partial charge on any atom is 0.153 e. The van der Waals surface area contributed by atoms with Crippen molar-refractivity contribution in [3.8, 4) is 5.75 Å². The van der Waals surface area contributed by atoms with Crippen LogP contribution in [0.4, 0.5) is 0 Å². The third kappa shape index (κ3) is 1.98. The molecule has 0 spiro atoms. The van der Waals surface area contributed by atoms with Gasteiger partial charge in [-0.05, 0) is 22.0 Å². The van der Waals surface area contributed by atoms with E-state index < -0.39 is 0 Å². The predicted octanol–water partition coefficient (Wildman–Crippen LogP) is 1.70. The molecule has 5 nitrogen and oxygen atoms in total. The Bertz CT molecular complexity index is 476. The van der Waals surface area contributed by atoms with Gasteiger partial charge in [-0.15, -0.1) is 16.4 Å². The summed E-state index contributed by atoms with van der Waals surface area (Å²) >= 11 is 4.90. The Kier molecular flexibility index (Phi) is 3.27. The fourth-order valence-electron chi connectivity index (χ4n) is 1.41. The van der Waals surface area contributed by atoms with Gasteiger partial charge in [0.15, 0.2) is 4.60 Å². The van der Waals surface area contributed by atoms with Crippen molar-refractivity contribution >= 4 is 27.3 Å². The predicted molar refractivity (Wildman–Crippen MR) is 65.6 cm³/mol. The van der Waals surface area contributed by atoms with Crippen LogP contribution in [0.25, 0.3) is 0 Å². The molecule has 0 aliphatic rings. The molecule has 0 bridgehead atoms. The monoisotopic (exact) mass is 302 g/mol. The average Bonchev–Trinajstić information content (AvgIpc) is 2.85. The van der Waals surface area contributed by atoms with E-state index in [0.29, 0.717) is 4.60 Å². The highest BCUT2D eigenvalue weighted by Crippen LogP contribution is 2.31. The third-order valence-corrected chi connectivity index (χ3v) is 3.82. The van der Waals surface area contributed by atoms with Crippen LogP contribution in [0.15, 0.2) is 16.0 Å². The van der Waals surface area contributed by atoms with Crippen molar-refractivity contribution < 1.29 is 4.74 Å². The second-order valence-corrected chi connectivity index (χ2v) is 4.95. The molecule has 7 heteroatoms. The number of nitrogens with two attached hydrogens (primary N) is 1. The molecular formula is C9H11BrN4OS. The van der Waals surface area contributed by atoms with Crippen LogP contribution in [0.3, 0.4) is 0 Å². The normalized spacial score (nSPS) is 12.8. The van der Waals surface area contributed by atoms with Crippen molar-refractivity contribution in [2.75, 3.05) is 7.11 Å². The number of rotatable bonds is 3. The zero-order chi connectivity index (χ0) is 11.7. The Balaban J connectivity index is 2.34.